The molecule has 0 radical (unpaired) electrons. The Hall–Kier alpha value is 0.327. The summed E-state index contributed by atoms with van der Waals surface area (Å²) in [5, 5.41) is 0. The van der Waals surface area contributed by atoms with Gasteiger partial charge in [0, 0.05) is 0 Å². The van der Waals surface area contributed by atoms with Crippen molar-refractivity contribution in [3.05, 3.63) is 0 Å². The fourth-order valence-electron chi connectivity index (χ4n) is 0. The van der Waals surface area contributed by atoms with Crippen molar-refractivity contribution >= 4 is 28.3 Å². The van der Waals surface area contributed by atoms with Crippen LogP contribution >= 0.6 is 11.1 Å². The van der Waals surface area contributed by atoms with Crippen LogP contribution in [-0.2, 0) is 9.70 Å². The second-order valence-electron chi connectivity index (χ2n) is 0.350. The lowest BCUT2D eigenvalue weighted by Gasteiger charge is -1.34. The molecule has 0 aromatic rings. The normalized spacial score (nSPS) is 6.60. The van der Waals surface area contributed by atoms with Gasteiger partial charge in [-0.15, -0.1) is 11.1 Å². The lowest BCUT2D eigenvalue weighted by atomic mass is 15.9. The predicted octanol–water partition coefficient (Wildman–Crippen LogP) is -0.629. The van der Waals surface area contributed by atoms with Crippen LogP contribution in [0.3, 0.4) is 0 Å². The first kappa shape index (κ1) is 5.33. The molecule has 0 saturated heterocycles. The number of rotatable bonds is 0. The van der Waals surface area contributed by atoms with Gasteiger partial charge in [-0.2, -0.15) is 8.42 Å². The van der Waals surface area contributed by atoms with E-state index in [0.717, 1.165) is 0 Å². The van der Waals surface area contributed by atoms with E-state index in [9.17, 15) is 8.42 Å². The fraction of sp³-hybridized carbons (Fsp3) is 0. The molecule has 0 aliphatic rings. The zero-order valence-corrected chi connectivity index (χ0v) is 4.91. The molecular weight excluding hydrogens is 128 g/mol. The molecule has 0 fully saturated rings. The van der Waals surface area contributed by atoms with Crippen LogP contribution in [0.2, 0.25) is 0 Å². The van der Waals surface area contributed by atoms with E-state index in [1.165, 1.54) is 0 Å². The summed E-state index contributed by atoms with van der Waals surface area (Å²) in [6, 6.07) is 0. The summed E-state index contributed by atoms with van der Waals surface area (Å²) in [7, 11) is -2.85. The minimum absolute atomic E-state index is 0.880. The third-order valence-electron chi connectivity index (χ3n) is 0.0727. The second-order valence-corrected chi connectivity index (χ2v) is 4.34. The first-order valence-corrected chi connectivity index (χ1v) is 5.09. The van der Waals surface area contributed by atoms with E-state index in [1.807, 2.05) is 0 Å². The molecule has 30 valence electrons. The molecule has 0 amide bonds. The van der Waals surface area contributed by atoms with E-state index in [2.05, 4.69) is 0 Å². The highest BCUT2D eigenvalue weighted by atomic mass is 35.6. The van der Waals surface area contributed by atoms with Crippen molar-refractivity contribution < 1.29 is 8.42 Å². The first-order valence-electron chi connectivity index (χ1n) is 0.787. The predicted molar refractivity (Wildman–Crippen MR) is 21.9 cm³/mol. The van der Waals surface area contributed by atoms with Crippen LogP contribution in [0.25, 0.3) is 0 Å². The summed E-state index contributed by atoms with van der Waals surface area (Å²) in [4.78, 5) is 0. The molecule has 0 rings (SSSR count). The Morgan fingerprint density at radius 1 is 1.60 bits per heavy atom. The maximum absolute atomic E-state index is 9.27. The standard InChI is InChI=1S/ClHO2SSi/c1-5-4(2)3/h5H. The van der Waals surface area contributed by atoms with E-state index >= 15 is 0 Å². The highest BCUT2D eigenvalue weighted by Crippen LogP contribution is 1.46. The number of hydrogen-bond acceptors (Lipinski definition) is 2. The molecule has 0 saturated carbocycles. The lowest BCUT2D eigenvalue weighted by molar-refractivity contribution is 0.628. The number of hydrogen-bond donors (Lipinski definition) is 0. The molecule has 0 unspecified atom stereocenters. The monoisotopic (exact) mass is 128 g/mol. The fourth-order valence-corrected chi connectivity index (χ4v) is 0. The summed E-state index contributed by atoms with van der Waals surface area (Å²) in [5.74, 6) is 0. The van der Waals surface area contributed by atoms with Gasteiger partial charge in [0.25, 0.3) is 7.54 Å². The molecule has 0 aliphatic carbocycles. The van der Waals surface area contributed by atoms with Gasteiger partial charge in [-0.05, 0) is 0 Å². The van der Waals surface area contributed by atoms with Crippen LogP contribution in [0, 0.1) is 0 Å². The molecule has 0 N–H and O–H groups in total. The first-order chi connectivity index (χ1) is 2.27. The van der Waals surface area contributed by atoms with Crippen LogP contribution in [0.15, 0.2) is 0 Å². The molecule has 5 heavy (non-hydrogen) atoms. The van der Waals surface area contributed by atoms with Gasteiger partial charge in [0.2, 0.25) is 0 Å². The van der Waals surface area contributed by atoms with Crippen LogP contribution in [0.4, 0.5) is 0 Å². The van der Waals surface area contributed by atoms with Gasteiger partial charge in [-0.3, -0.25) is 0 Å². The maximum Gasteiger partial charge on any atom is 0.262 e. The lowest BCUT2D eigenvalue weighted by Crippen LogP contribution is -1.54. The third-order valence-corrected chi connectivity index (χ3v) is 1.96. The molecule has 0 atom stereocenters. The van der Waals surface area contributed by atoms with Crippen molar-refractivity contribution in [3.8, 4) is 0 Å². The average Bonchev–Trinajstić information content (AvgIpc) is 1.38. The summed E-state index contributed by atoms with van der Waals surface area (Å²) < 4.78 is 18.5. The van der Waals surface area contributed by atoms with Gasteiger partial charge >= 0.3 is 0 Å². The Balaban J connectivity index is 4.25. The molecule has 0 heterocycles. The van der Waals surface area contributed by atoms with Crippen LogP contribution in [0.5, 0.6) is 0 Å². The van der Waals surface area contributed by atoms with Gasteiger partial charge in [0.1, 0.15) is 0 Å². The SMILES string of the molecule is O=S(=O)=[SiH]Cl. The highest BCUT2D eigenvalue weighted by Gasteiger charge is 1.53. The Kier molecular flexibility index (Phi) is 2.73. The van der Waals surface area contributed by atoms with Gasteiger partial charge in [-0.25, -0.2) is 0 Å². The molecule has 2 nitrogen and oxygen atoms in total. The molecule has 0 aliphatic heterocycles. The Morgan fingerprint density at radius 2 is 1.80 bits per heavy atom. The van der Waals surface area contributed by atoms with Gasteiger partial charge in [-0.1, -0.05) is 0 Å². The molecular formula is HClO2SSi. The van der Waals surface area contributed by atoms with Gasteiger partial charge < -0.3 is 0 Å². The summed E-state index contributed by atoms with van der Waals surface area (Å²) in [6.07, 6.45) is 0. The van der Waals surface area contributed by atoms with E-state index < -0.39 is 17.2 Å². The zero-order valence-electron chi connectivity index (χ0n) is 2.18. The van der Waals surface area contributed by atoms with Crippen molar-refractivity contribution in [3.63, 3.8) is 0 Å². The smallest absolute Gasteiger partial charge is 0.193 e. The molecule has 5 heteroatoms. The van der Waals surface area contributed by atoms with E-state index in [-0.39, 0.29) is 0 Å². The minimum Gasteiger partial charge on any atom is -0.193 e. The molecule has 0 aromatic heterocycles. The largest absolute Gasteiger partial charge is 0.262 e. The molecule has 0 aromatic carbocycles. The van der Waals surface area contributed by atoms with Gasteiger partial charge in [0.15, 0.2) is 9.70 Å². The van der Waals surface area contributed by atoms with E-state index in [4.69, 9.17) is 11.1 Å². The van der Waals surface area contributed by atoms with Crippen molar-refractivity contribution in [2.24, 2.45) is 0 Å². The van der Waals surface area contributed by atoms with Crippen molar-refractivity contribution in [2.75, 3.05) is 0 Å². The highest BCUT2D eigenvalue weighted by molar-refractivity contribution is 7.83. The van der Waals surface area contributed by atoms with E-state index in [0.29, 0.717) is 0 Å². The molecule has 0 bridgehead atoms. The molecule has 0 spiro atoms. The quantitative estimate of drug-likeness (QED) is 0.322. The average molecular weight is 129 g/mol. The van der Waals surface area contributed by atoms with Crippen LogP contribution < -0.4 is 0 Å². The van der Waals surface area contributed by atoms with Crippen LogP contribution in [-0.4, -0.2) is 16.0 Å². The second kappa shape index (κ2) is 2.56. The maximum atomic E-state index is 9.27. The minimum atomic E-state index is -1.97. The number of halogens is 1. The van der Waals surface area contributed by atoms with Crippen molar-refractivity contribution in [1.29, 1.82) is 0 Å². The van der Waals surface area contributed by atoms with Crippen molar-refractivity contribution in [2.45, 2.75) is 0 Å². The van der Waals surface area contributed by atoms with Crippen LogP contribution in [0.1, 0.15) is 0 Å². The van der Waals surface area contributed by atoms with E-state index in [1.54, 1.807) is 0 Å². The summed E-state index contributed by atoms with van der Waals surface area (Å²) in [6.45, 7) is 0. The van der Waals surface area contributed by atoms with Crippen molar-refractivity contribution in [1.82, 2.24) is 0 Å². The Morgan fingerprint density at radius 3 is 1.80 bits per heavy atom. The summed E-state index contributed by atoms with van der Waals surface area (Å²) >= 11 is 4.81. The zero-order chi connectivity index (χ0) is 4.28. The third kappa shape index (κ3) is 4.33. The Labute approximate surface area is 37.4 Å². The van der Waals surface area contributed by atoms with Gasteiger partial charge in [0.05, 0.1) is 0 Å². The summed E-state index contributed by atoms with van der Waals surface area (Å²) in [5.41, 5.74) is 0. The Bertz CT molecular complexity index is 113. The topological polar surface area (TPSA) is 34.1 Å².